The van der Waals surface area contributed by atoms with Crippen molar-refractivity contribution in [2.24, 2.45) is 11.7 Å². The molecule has 1 saturated heterocycles. The summed E-state index contributed by atoms with van der Waals surface area (Å²) in [4.78, 5) is 13.8. The van der Waals surface area contributed by atoms with E-state index in [4.69, 9.17) is 11.0 Å². The standard InChI is InChI=1S/C14H17N3O/c1-2-12-5-10(7-15)3-4-13(12)17-9-11(8-16)6-14(17)18/h3-5,11H,2,6,8-9,16H2,1H3. The van der Waals surface area contributed by atoms with E-state index in [1.165, 1.54) is 0 Å². The molecule has 0 radical (unpaired) electrons. The number of carbonyl (C=O) groups excluding carboxylic acids is 1. The van der Waals surface area contributed by atoms with Crippen molar-refractivity contribution >= 4 is 11.6 Å². The zero-order valence-electron chi connectivity index (χ0n) is 10.5. The van der Waals surface area contributed by atoms with Crippen molar-refractivity contribution in [1.29, 1.82) is 5.26 Å². The van der Waals surface area contributed by atoms with Gasteiger partial charge in [0.25, 0.3) is 0 Å². The average Bonchev–Trinajstić information content (AvgIpc) is 2.79. The lowest BCUT2D eigenvalue weighted by molar-refractivity contribution is -0.117. The molecule has 1 amide bonds. The highest BCUT2D eigenvalue weighted by atomic mass is 16.2. The van der Waals surface area contributed by atoms with Gasteiger partial charge in [-0.1, -0.05) is 6.92 Å². The third-order valence-electron chi connectivity index (χ3n) is 3.42. The summed E-state index contributed by atoms with van der Waals surface area (Å²) in [6, 6.07) is 7.62. The van der Waals surface area contributed by atoms with Crippen LogP contribution in [0.5, 0.6) is 0 Å². The maximum atomic E-state index is 12.0. The van der Waals surface area contributed by atoms with E-state index in [1.807, 2.05) is 19.1 Å². The molecule has 4 heteroatoms. The molecule has 18 heavy (non-hydrogen) atoms. The van der Waals surface area contributed by atoms with Crippen LogP contribution in [0.15, 0.2) is 18.2 Å². The fourth-order valence-electron chi connectivity index (χ4n) is 2.37. The largest absolute Gasteiger partial charge is 0.330 e. The molecule has 1 heterocycles. The molecule has 0 spiro atoms. The number of amides is 1. The minimum absolute atomic E-state index is 0.129. The molecule has 1 atom stereocenters. The second kappa shape index (κ2) is 5.19. The maximum absolute atomic E-state index is 12.0. The third kappa shape index (κ3) is 2.22. The quantitative estimate of drug-likeness (QED) is 0.873. The van der Waals surface area contributed by atoms with Crippen LogP contribution < -0.4 is 10.6 Å². The number of nitriles is 1. The Morgan fingerprint density at radius 3 is 2.89 bits per heavy atom. The Balaban J connectivity index is 2.34. The lowest BCUT2D eigenvalue weighted by atomic mass is 10.1. The minimum Gasteiger partial charge on any atom is -0.330 e. The molecule has 1 aliphatic rings. The molecular weight excluding hydrogens is 226 g/mol. The fraction of sp³-hybridized carbons (Fsp3) is 0.429. The van der Waals surface area contributed by atoms with Crippen LogP contribution in [0.25, 0.3) is 0 Å². The molecular formula is C14H17N3O. The number of nitrogens with zero attached hydrogens (tertiary/aromatic N) is 2. The van der Waals surface area contributed by atoms with Gasteiger partial charge in [-0.05, 0) is 42.6 Å². The normalized spacial score (nSPS) is 19.1. The molecule has 2 N–H and O–H groups in total. The lowest BCUT2D eigenvalue weighted by Gasteiger charge is -2.20. The number of nitrogens with two attached hydrogens (primary N) is 1. The fourth-order valence-corrected chi connectivity index (χ4v) is 2.37. The van der Waals surface area contributed by atoms with Gasteiger partial charge in [-0.25, -0.2) is 0 Å². The van der Waals surface area contributed by atoms with Crippen LogP contribution in [0.2, 0.25) is 0 Å². The number of carbonyl (C=O) groups is 1. The lowest BCUT2D eigenvalue weighted by Crippen LogP contribution is -2.26. The van der Waals surface area contributed by atoms with E-state index in [9.17, 15) is 4.79 Å². The highest BCUT2D eigenvalue weighted by Crippen LogP contribution is 2.28. The molecule has 4 nitrogen and oxygen atoms in total. The summed E-state index contributed by atoms with van der Waals surface area (Å²) >= 11 is 0. The Morgan fingerprint density at radius 2 is 2.33 bits per heavy atom. The second-order valence-electron chi connectivity index (χ2n) is 4.62. The molecule has 0 bridgehead atoms. The third-order valence-corrected chi connectivity index (χ3v) is 3.42. The van der Waals surface area contributed by atoms with Gasteiger partial charge >= 0.3 is 0 Å². The molecule has 1 unspecified atom stereocenters. The predicted octanol–water partition coefficient (Wildman–Crippen LogP) is 1.43. The SMILES string of the molecule is CCc1cc(C#N)ccc1N1CC(CN)CC1=O. The van der Waals surface area contributed by atoms with Crippen molar-refractivity contribution in [3.63, 3.8) is 0 Å². The van der Waals surface area contributed by atoms with Crippen LogP contribution in [-0.4, -0.2) is 19.0 Å². The van der Waals surface area contributed by atoms with Crippen molar-refractivity contribution in [2.45, 2.75) is 19.8 Å². The molecule has 94 valence electrons. The van der Waals surface area contributed by atoms with Gasteiger partial charge in [0.15, 0.2) is 0 Å². The number of hydrogen-bond donors (Lipinski definition) is 1. The minimum atomic E-state index is 0.129. The second-order valence-corrected chi connectivity index (χ2v) is 4.62. The Hall–Kier alpha value is -1.86. The van der Waals surface area contributed by atoms with Gasteiger partial charge in [0.1, 0.15) is 0 Å². The molecule has 1 aromatic rings. The number of anilines is 1. The number of hydrogen-bond acceptors (Lipinski definition) is 3. The highest BCUT2D eigenvalue weighted by molar-refractivity contribution is 5.96. The zero-order valence-corrected chi connectivity index (χ0v) is 10.5. The van der Waals surface area contributed by atoms with Crippen LogP contribution >= 0.6 is 0 Å². The zero-order chi connectivity index (χ0) is 13.1. The number of rotatable bonds is 3. The van der Waals surface area contributed by atoms with Gasteiger partial charge in [0.05, 0.1) is 11.6 Å². The maximum Gasteiger partial charge on any atom is 0.227 e. The summed E-state index contributed by atoms with van der Waals surface area (Å²) in [6.07, 6.45) is 1.33. The van der Waals surface area contributed by atoms with E-state index in [0.29, 0.717) is 25.1 Å². The summed E-state index contributed by atoms with van der Waals surface area (Å²) in [7, 11) is 0. The van der Waals surface area contributed by atoms with Crippen LogP contribution in [0.1, 0.15) is 24.5 Å². The van der Waals surface area contributed by atoms with Crippen molar-refractivity contribution in [2.75, 3.05) is 18.0 Å². The van der Waals surface area contributed by atoms with Gasteiger partial charge < -0.3 is 10.6 Å². The molecule has 0 saturated carbocycles. The van der Waals surface area contributed by atoms with Gasteiger partial charge in [0, 0.05) is 18.7 Å². The van der Waals surface area contributed by atoms with Crippen LogP contribution in [-0.2, 0) is 11.2 Å². The highest BCUT2D eigenvalue weighted by Gasteiger charge is 2.30. The first-order valence-electron chi connectivity index (χ1n) is 6.23. The van der Waals surface area contributed by atoms with E-state index in [2.05, 4.69) is 6.07 Å². The van der Waals surface area contributed by atoms with E-state index >= 15 is 0 Å². The first-order chi connectivity index (χ1) is 8.69. The molecule has 0 aliphatic carbocycles. The van der Waals surface area contributed by atoms with Gasteiger partial charge in [-0.2, -0.15) is 5.26 Å². The first-order valence-corrected chi connectivity index (χ1v) is 6.23. The van der Waals surface area contributed by atoms with Crippen molar-refractivity contribution in [3.8, 4) is 6.07 Å². The molecule has 1 aromatic carbocycles. The molecule has 0 aromatic heterocycles. The molecule has 1 fully saturated rings. The van der Waals surface area contributed by atoms with Crippen LogP contribution in [0.4, 0.5) is 5.69 Å². The average molecular weight is 243 g/mol. The Bertz CT molecular complexity index is 504. The number of benzene rings is 1. The van der Waals surface area contributed by atoms with E-state index in [-0.39, 0.29) is 11.8 Å². The van der Waals surface area contributed by atoms with Crippen molar-refractivity contribution in [1.82, 2.24) is 0 Å². The summed E-state index contributed by atoms with van der Waals surface area (Å²) in [6.45, 7) is 3.26. The molecule has 2 rings (SSSR count). The van der Waals surface area contributed by atoms with Crippen molar-refractivity contribution < 1.29 is 4.79 Å². The first kappa shape index (κ1) is 12.6. The summed E-state index contributed by atoms with van der Waals surface area (Å²) in [5, 5.41) is 8.90. The summed E-state index contributed by atoms with van der Waals surface area (Å²) < 4.78 is 0. The van der Waals surface area contributed by atoms with Gasteiger partial charge in [-0.3, -0.25) is 4.79 Å². The monoisotopic (exact) mass is 243 g/mol. The van der Waals surface area contributed by atoms with Crippen LogP contribution in [0, 0.1) is 17.2 Å². The van der Waals surface area contributed by atoms with Crippen molar-refractivity contribution in [3.05, 3.63) is 29.3 Å². The predicted molar refractivity (Wildman–Crippen MR) is 70.0 cm³/mol. The van der Waals surface area contributed by atoms with E-state index in [0.717, 1.165) is 17.7 Å². The van der Waals surface area contributed by atoms with E-state index < -0.39 is 0 Å². The summed E-state index contributed by atoms with van der Waals surface area (Å²) in [5.74, 6) is 0.378. The molecule has 1 aliphatic heterocycles. The van der Waals surface area contributed by atoms with Gasteiger partial charge in [0.2, 0.25) is 5.91 Å². The van der Waals surface area contributed by atoms with Gasteiger partial charge in [-0.15, -0.1) is 0 Å². The Morgan fingerprint density at radius 1 is 1.56 bits per heavy atom. The topological polar surface area (TPSA) is 70.1 Å². The van der Waals surface area contributed by atoms with E-state index in [1.54, 1.807) is 11.0 Å². The summed E-state index contributed by atoms with van der Waals surface area (Å²) in [5.41, 5.74) is 8.24. The Labute approximate surface area is 107 Å². The number of aryl methyl sites for hydroxylation is 1. The van der Waals surface area contributed by atoms with Crippen LogP contribution in [0.3, 0.4) is 0 Å². The Kier molecular flexibility index (Phi) is 3.63. The smallest absolute Gasteiger partial charge is 0.227 e.